The fourth-order valence-electron chi connectivity index (χ4n) is 1.61. The van der Waals surface area contributed by atoms with Crippen molar-refractivity contribution in [3.05, 3.63) is 0 Å². The highest BCUT2D eigenvalue weighted by Gasteiger charge is 2.31. The van der Waals surface area contributed by atoms with Crippen LogP contribution >= 0.6 is 0 Å². The Kier molecular flexibility index (Phi) is 5.59. The normalized spacial score (nSPS) is 13.6. The maximum absolute atomic E-state index is 12.1. The van der Waals surface area contributed by atoms with Crippen molar-refractivity contribution >= 4 is 0 Å². The van der Waals surface area contributed by atoms with Crippen LogP contribution in [0.2, 0.25) is 0 Å². The predicted molar refractivity (Wildman–Crippen MR) is 55.9 cm³/mol. The summed E-state index contributed by atoms with van der Waals surface area (Å²) < 4.78 is 36.2. The highest BCUT2D eigenvalue weighted by Crippen LogP contribution is 2.20. The Morgan fingerprint density at radius 1 is 1.13 bits per heavy atom. The molecule has 0 atom stereocenters. The molecule has 1 N–H and O–H groups in total. The van der Waals surface area contributed by atoms with Crippen molar-refractivity contribution in [3.63, 3.8) is 0 Å². The second kappa shape index (κ2) is 5.70. The zero-order valence-corrected chi connectivity index (χ0v) is 9.91. The number of rotatable bonds is 6. The molecule has 15 heavy (non-hydrogen) atoms. The summed E-state index contributed by atoms with van der Waals surface area (Å²) in [6.45, 7) is 7.06. The van der Waals surface area contributed by atoms with Gasteiger partial charge in [0.1, 0.15) is 0 Å². The SMILES string of the molecule is CCNCC(C)(C)CN(C)CC(F)(F)F. The van der Waals surface area contributed by atoms with Crippen molar-refractivity contribution in [1.29, 1.82) is 0 Å². The van der Waals surface area contributed by atoms with E-state index in [9.17, 15) is 13.2 Å². The molecule has 0 aromatic carbocycles. The lowest BCUT2D eigenvalue weighted by molar-refractivity contribution is -0.145. The van der Waals surface area contributed by atoms with Crippen molar-refractivity contribution in [3.8, 4) is 0 Å². The fourth-order valence-corrected chi connectivity index (χ4v) is 1.61. The van der Waals surface area contributed by atoms with Gasteiger partial charge in [0, 0.05) is 13.1 Å². The molecule has 0 saturated heterocycles. The van der Waals surface area contributed by atoms with E-state index in [1.165, 1.54) is 11.9 Å². The maximum atomic E-state index is 12.1. The Labute approximate surface area is 89.8 Å². The van der Waals surface area contributed by atoms with Crippen LogP contribution in [0, 0.1) is 5.41 Å². The fraction of sp³-hybridized carbons (Fsp3) is 1.00. The first kappa shape index (κ1) is 14.7. The quantitative estimate of drug-likeness (QED) is 0.746. The molecular formula is C10H21F3N2. The van der Waals surface area contributed by atoms with Crippen LogP contribution in [0.1, 0.15) is 20.8 Å². The van der Waals surface area contributed by atoms with Gasteiger partial charge < -0.3 is 5.32 Å². The lowest BCUT2D eigenvalue weighted by Gasteiger charge is -2.30. The molecule has 0 aromatic rings. The van der Waals surface area contributed by atoms with E-state index >= 15 is 0 Å². The van der Waals surface area contributed by atoms with Crippen LogP contribution < -0.4 is 5.32 Å². The lowest BCUT2D eigenvalue weighted by atomic mass is 9.93. The van der Waals surface area contributed by atoms with Gasteiger partial charge >= 0.3 is 6.18 Å². The second-order valence-electron chi connectivity index (χ2n) is 4.73. The summed E-state index contributed by atoms with van der Waals surface area (Å²) in [6, 6.07) is 0. The molecule has 0 amide bonds. The maximum Gasteiger partial charge on any atom is 0.401 e. The van der Waals surface area contributed by atoms with Gasteiger partial charge in [-0.2, -0.15) is 13.2 Å². The van der Waals surface area contributed by atoms with Crippen LogP contribution in [-0.2, 0) is 0 Å². The smallest absolute Gasteiger partial charge is 0.316 e. The molecule has 2 nitrogen and oxygen atoms in total. The van der Waals surface area contributed by atoms with Crippen molar-refractivity contribution in [1.82, 2.24) is 10.2 Å². The average molecular weight is 226 g/mol. The number of nitrogens with zero attached hydrogens (tertiary/aromatic N) is 1. The molecule has 0 saturated carbocycles. The van der Waals surface area contributed by atoms with E-state index in [4.69, 9.17) is 0 Å². The molecule has 0 bridgehead atoms. The van der Waals surface area contributed by atoms with E-state index < -0.39 is 12.7 Å². The van der Waals surface area contributed by atoms with Crippen LogP contribution in [0.4, 0.5) is 13.2 Å². The van der Waals surface area contributed by atoms with E-state index in [1.54, 1.807) is 0 Å². The van der Waals surface area contributed by atoms with Crippen LogP contribution in [0.25, 0.3) is 0 Å². The summed E-state index contributed by atoms with van der Waals surface area (Å²) in [4.78, 5) is 1.32. The number of hydrogen-bond acceptors (Lipinski definition) is 2. The molecule has 0 aliphatic rings. The summed E-state index contributed by atoms with van der Waals surface area (Å²) in [7, 11) is 1.50. The third kappa shape index (κ3) is 8.69. The number of alkyl halides is 3. The minimum atomic E-state index is -4.11. The molecule has 0 rings (SSSR count). The number of hydrogen-bond donors (Lipinski definition) is 1. The van der Waals surface area contributed by atoms with Crippen LogP contribution in [0.15, 0.2) is 0 Å². The Morgan fingerprint density at radius 2 is 1.67 bits per heavy atom. The first-order valence-corrected chi connectivity index (χ1v) is 5.12. The first-order chi connectivity index (χ1) is 6.66. The van der Waals surface area contributed by atoms with Crippen molar-refractivity contribution in [2.24, 2.45) is 5.41 Å². The molecule has 5 heteroatoms. The van der Waals surface area contributed by atoms with Gasteiger partial charge in [0.05, 0.1) is 6.54 Å². The van der Waals surface area contributed by atoms with Gasteiger partial charge in [0.2, 0.25) is 0 Å². The average Bonchev–Trinajstić information content (AvgIpc) is 1.95. The zero-order valence-electron chi connectivity index (χ0n) is 9.91. The monoisotopic (exact) mass is 226 g/mol. The third-order valence-electron chi connectivity index (χ3n) is 2.00. The molecule has 92 valence electrons. The topological polar surface area (TPSA) is 15.3 Å². The van der Waals surface area contributed by atoms with Gasteiger partial charge in [-0.25, -0.2) is 0 Å². The first-order valence-electron chi connectivity index (χ1n) is 5.12. The molecule has 0 aliphatic heterocycles. The van der Waals surface area contributed by atoms with Crippen molar-refractivity contribution in [2.45, 2.75) is 26.9 Å². The van der Waals surface area contributed by atoms with Gasteiger partial charge in [-0.15, -0.1) is 0 Å². The molecule has 0 unspecified atom stereocenters. The van der Waals surface area contributed by atoms with Crippen LogP contribution in [0.5, 0.6) is 0 Å². The zero-order chi connectivity index (χ0) is 12.1. The van der Waals surface area contributed by atoms with Crippen molar-refractivity contribution in [2.75, 3.05) is 33.2 Å². The molecule has 0 aliphatic carbocycles. The van der Waals surface area contributed by atoms with Crippen LogP contribution in [-0.4, -0.2) is 44.3 Å². The largest absolute Gasteiger partial charge is 0.401 e. The summed E-state index contributed by atoms with van der Waals surface area (Å²) in [6.07, 6.45) is -4.11. The molecule has 0 aromatic heterocycles. The highest BCUT2D eigenvalue weighted by atomic mass is 19.4. The van der Waals surface area contributed by atoms with E-state index in [-0.39, 0.29) is 5.41 Å². The summed E-state index contributed by atoms with van der Waals surface area (Å²) in [5, 5.41) is 3.15. The van der Waals surface area contributed by atoms with Gasteiger partial charge in [-0.05, 0) is 19.0 Å². The van der Waals surface area contributed by atoms with Crippen LogP contribution in [0.3, 0.4) is 0 Å². The predicted octanol–water partition coefficient (Wildman–Crippen LogP) is 2.12. The Morgan fingerprint density at radius 3 is 2.07 bits per heavy atom. The highest BCUT2D eigenvalue weighted by molar-refractivity contribution is 4.75. The van der Waals surface area contributed by atoms with E-state index in [1.807, 2.05) is 20.8 Å². The number of halogens is 3. The Hall–Kier alpha value is -0.290. The summed E-state index contributed by atoms with van der Waals surface area (Å²) in [5.74, 6) is 0. The van der Waals surface area contributed by atoms with Gasteiger partial charge in [0.15, 0.2) is 0 Å². The van der Waals surface area contributed by atoms with E-state index in [0.29, 0.717) is 6.54 Å². The third-order valence-corrected chi connectivity index (χ3v) is 2.00. The standard InChI is InChI=1S/C10H21F3N2/c1-5-14-6-9(2,3)7-15(4)8-10(11,12)13/h14H,5-8H2,1-4H3. The van der Waals surface area contributed by atoms with Gasteiger partial charge in [0.25, 0.3) is 0 Å². The van der Waals surface area contributed by atoms with Gasteiger partial charge in [-0.3, -0.25) is 4.90 Å². The minimum absolute atomic E-state index is 0.143. The number of nitrogens with one attached hydrogen (secondary N) is 1. The molecule has 0 spiro atoms. The molecule has 0 radical (unpaired) electrons. The van der Waals surface area contributed by atoms with E-state index in [0.717, 1.165) is 13.1 Å². The molecular weight excluding hydrogens is 205 g/mol. The van der Waals surface area contributed by atoms with Crippen molar-refractivity contribution < 1.29 is 13.2 Å². The van der Waals surface area contributed by atoms with Gasteiger partial charge in [-0.1, -0.05) is 20.8 Å². The van der Waals surface area contributed by atoms with E-state index in [2.05, 4.69) is 5.32 Å². The second-order valence-corrected chi connectivity index (χ2v) is 4.73. The molecule has 0 heterocycles. The summed E-state index contributed by atoms with van der Waals surface area (Å²) in [5.41, 5.74) is -0.143. The summed E-state index contributed by atoms with van der Waals surface area (Å²) >= 11 is 0. The molecule has 0 fully saturated rings. The Balaban J connectivity index is 3.98. The minimum Gasteiger partial charge on any atom is -0.316 e. The lowest BCUT2D eigenvalue weighted by Crippen LogP contribution is -2.42. The Bertz CT molecular complexity index is 178.